The molecular formula is C16H19N3OS. The largest absolute Gasteiger partial charge is 0.309 e. The Morgan fingerprint density at radius 2 is 2.19 bits per heavy atom. The molecule has 0 amide bonds. The van der Waals surface area contributed by atoms with Gasteiger partial charge in [-0.1, -0.05) is 12.1 Å². The molecule has 3 heterocycles. The van der Waals surface area contributed by atoms with Gasteiger partial charge in [0.05, 0.1) is 6.54 Å². The van der Waals surface area contributed by atoms with Gasteiger partial charge < -0.3 is 4.57 Å². The Labute approximate surface area is 128 Å². The van der Waals surface area contributed by atoms with E-state index in [1.54, 1.807) is 23.5 Å². The zero-order valence-electron chi connectivity index (χ0n) is 12.0. The molecule has 3 rings (SSSR count). The predicted molar refractivity (Wildman–Crippen MR) is 85.7 cm³/mol. The van der Waals surface area contributed by atoms with Crippen molar-refractivity contribution in [2.75, 3.05) is 13.1 Å². The van der Waals surface area contributed by atoms with Gasteiger partial charge in [-0.05, 0) is 12.0 Å². The molecule has 0 aromatic carbocycles. The molecule has 1 aliphatic rings. The molecule has 21 heavy (non-hydrogen) atoms. The van der Waals surface area contributed by atoms with Gasteiger partial charge in [-0.25, -0.2) is 4.98 Å². The third kappa shape index (κ3) is 3.14. The normalized spacial score (nSPS) is 15.4. The Bertz CT molecular complexity index is 675. The van der Waals surface area contributed by atoms with Gasteiger partial charge in [-0.3, -0.25) is 9.69 Å². The molecule has 0 saturated heterocycles. The number of pyridine rings is 1. The van der Waals surface area contributed by atoms with Crippen molar-refractivity contribution < 1.29 is 0 Å². The lowest BCUT2D eigenvalue weighted by Gasteiger charge is -2.18. The Kier molecular flexibility index (Phi) is 4.31. The molecule has 2 aromatic heterocycles. The van der Waals surface area contributed by atoms with E-state index in [-0.39, 0.29) is 5.56 Å². The number of aromatic nitrogens is 2. The van der Waals surface area contributed by atoms with Crippen LogP contribution in [0.1, 0.15) is 16.3 Å². The van der Waals surface area contributed by atoms with E-state index in [2.05, 4.69) is 16.5 Å². The van der Waals surface area contributed by atoms with Crippen molar-refractivity contribution in [1.29, 1.82) is 0 Å². The van der Waals surface area contributed by atoms with Crippen LogP contribution in [-0.4, -0.2) is 27.5 Å². The highest BCUT2D eigenvalue weighted by atomic mass is 32.1. The fourth-order valence-electron chi connectivity index (χ4n) is 2.85. The van der Waals surface area contributed by atoms with Crippen molar-refractivity contribution in [2.24, 2.45) is 0 Å². The molecule has 0 unspecified atom stereocenters. The maximum atomic E-state index is 12.0. The molecular weight excluding hydrogens is 282 g/mol. The summed E-state index contributed by atoms with van der Waals surface area (Å²) >= 11 is 1.70. The maximum Gasteiger partial charge on any atom is 0.251 e. The number of fused-ring (bicyclic) bond motifs is 1. The van der Waals surface area contributed by atoms with Crippen LogP contribution in [0.3, 0.4) is 0 Å². The second-order valence-corrected chi connectivity index (χ2v) is 6.22. The molecule has 0 aliphatic carbocycles. The fraction of sp³-hybridized carbons (Fsp3) is 0.375. The smallest absolute Gasteiger partial charge is 0.251 e. The van der Waals surface area contributed by atoms with Crippen molar-refractivity contribution in [1.82, 2.24) is 14.5 Å². The summed E-state index contributed by atoms with van der Waals surface area (Å²) in [6.45, 7) is 7.23. The highest BCUT2D eigenvalue weighted by Crippen LogP contribution is 2.17. The van der Waals surface area contributed by atoms with Crippen LogP contribution >= 0.6 is 11.3 Å². The number of hydrogen-bond acceptors (Lipinski definition) is 4. The molecule has 0 N–H and O–H groups in total. The van der Waals surface area contributed by atoms with E-state index in [9.17, 15) is 4.79 Å². The van der Waals surface area contributed by atoms with E-state index < -0.39 is 0 Å². The fourth-order valence-corrected chi connectivity index (χ4v) is 3.51. The van der Waals surface area contributed by atoms with E-state index in [1.165, 1.54) is 11.3 Å². The van der Waals surface area contributed by atoms with E-state index in [1.807, 2.05) is 22.2 Å². The minimum absolute atomic E-state index is 0.0713. The summed E-state index contributed by atoms with van der Waals surface area (Å²) in [5, 5.41) is 3.17. The molecule has 0 atom stereocenters. The lowest BCUT2D eigenvalue weighted by Crippen LogP contribution is -2.27. The highest BCUT2D eigenvalue weighted by molar-refractivity contribution is 7.09. The van der Waals surface area contributed by atoms with E-state index in [0.717, 1.165) is 37.5 Å². The van der Waals surface area contributed by atoms with Crippen LogP contribution in [0.4, 0.5) is 0 Å². The summed E-state index contributed by atoms with van der Waals surface area (Å²) in [7, 11) is 0. The number of allylic oxidation sites excluding steroid dienone is 1. The van der Waals surface area contributed by atoms with Crippen LogP contribution in [0.2, 0.25) is 0 Å². The van der Waals surface area contributed by atoms with Gasteiger partial charge in [-0.15, -0.1) is 17.9 Å². The SMILES string of the molecule is C=CCn1c2c(ccc1=O)CCN(Cc1nccs1)CC2. The van der Waals surface area contributed by atoms with Gasteiger partial charge in [0.1, 0.15) is 5.01 Å². The summed E-state index contributed by atoms with van der Waals surface area (Å²) in [5.74, 6) is 0. The third-order valence-electron chi connectivity index (χ3n) is 3.91. The standard InChI is InChI=1S/C16H19N3OS/c1-2-8-19-14-6-10-18(12-15-17-7-11-21-15)9-5-13(14)3-4-16(19)20/h2-4,7,11H,1,5-6,8-10,12H2. The zero-order valence-corrected chi connectivity index (χ0v) is 12.8. The number of hydrogen-bond donors (Lipinski definition) is 0. The van der Waals surface area contributed by atoms with E-state index in [4.69, 9.17) is 0 Å². The van der Waals surface area contributed by atoms with Gasteiger partial charge in [0, 0.05) is 49.4 Å². The Balaban J connectivity index is 1.80. The molecule has 0 fully saturated rings. The van der Waals surface area contributed by atoms with Crippen molar-refractivity contribution in [2.45, 2.75) is 25.9 Å². The number of thiazole rings is 1. The Morgan fingerprint density at radius 3 is 2.95 bits per heavy atom. The average Bonchev–Trinajstić information content (AvgIpc) is 2.90. The molecule has 0 bridgehead atoms. The summed E-state index contributed by atoms with van der Waals surface area (Å²) < 4.78 is 1.86. The first-order valence-corrected chi connectivity index (χ1v) is 8.09. The molecule has 110 valence electrons. The second kappa shape index (κ2) is 6.37. The summed E-state index contributed by atoms with van der Waals surface area (Å²) in [6.07, 6.45) is 5.54. The molecule has 0 saturated carbocycles. The topological polar surface area (TPSA) is 38.1 Å². The van der Waals surface area contributed by atoms with Gasteiger partial charge in [0.15, 0.2) is 0 Å². The van der Waals surface area contributed by atoms with Crippen LogP contribution in [0.15, 0.2) is 41.2 Å². The third-order valence-corrected chi connectivity index (χ3v) is 4.67. The number of rotatable bonds is 4. The molecule has 2 aromatic rings. The maximum absolute atomic E-state index is 12.0. The quantitative estimate of drug-likeness (QED) is 0.812. The van der Waals surface area contributed by atoms with Crippen LogP contribution in [0.5, 0.6) is 0 Å². The lowest BCUT2D eigenvalue weighted by atomic mass is 10.1. The second-order valence-electron chi connectivity index (χ2n) is 5.24. The summed E-state index contributed by atoms with van der Waals surface area (Å²) in [4.78, 5) is 18.8. The Morgan fingerprint density at radius 1 is 1.33 bits per heavy atom. The van der Waals surface area contributed by atoms with E-state index in [0.29, 0.717) is 6.54 Å². The monoisotopic (exact) mass is 301 g/mol. The van der Waals surface area contributed by atoms with Gasteiger partial charge in [0.25, 0.3) is 5.56 Å². The van der Waals surface area contributed by atoms with Crippen LogP contribution in [0.25, 0.3) is 0 Å². The summed E-state index contributed by atoms with van der Waals surface area (Å²) in [6, 6.07) is 3.67. The first kappa shape index (κ1) is 14.2. The van der Waals surface area contributed by atoms with Crippen molar-refractivity contribution >= 4 is 11.3 Å². The minimum Gasteiger partial charge on any atom is -0.309 e. The van der Waals surface area contributed by atoms with Gasteiger partial charge in [0.2, 0.25) is 0 Å². The number of nitrogens with zero attached hydrogens (tertiary/aromatic N) is 3. The van der Waals surface area contributed by atoms with Gasteiger partial charge >= 0.3 is 0 Å². The minimum atomic E-state index is 0.0713. The molecule has 0 radical (unpaired) electrons. The van der Waals surface area contributed by atoms with E-state index >= 15 is 0 Å². The Hall–Kier alpha value is -1.72. The molecule has 1 aliphatic heterocycles. The van der Waals surface area contributed by atoms with Crippen molar-refractivity contribution in [3.8, 4) is 0 Å². The van der Waals surface area contributed by atoms with Crippen LogP contribution in [0, 0.1) is 0 Å². The van der Waals surface area contributed by atoms with Crippen molar-refractivity contribution in [3.05, 3.63) is 63.0 Å². The highest BCUT2D eigenvalue weighted by Gasteiger charge is 2.17. The lowest BCUT2D eigenvalue weighted by molar-refractivity contribution is 0.278. The molecule has 0 spiro atoms. The zero-order chi connectivity index (χ0) is 14.7. The van der Waals surface area contributed by atoms with Crippen LogP contribution < -0.4 is 5.56 Å². The van der Waals surface area contributed by atoms with Gasteiger partial charge in [-0.2, -0.15) is 0 Å². The van der Waals surface area contributed by atoms with Crippen LogP contribution in [-0.2, 0) is 25.9 Å². The first-order valence-electron chi connectivity index (χ1n) is 7.21. The summed E-state index contributed by atoms with van der Waals surface area (Å²) in [5.41, 5.74) is 2.53. The average molecular weight is 301 g/mol. The first-order chi connectivity index (χ1) is 10.3. The molecule has 4 nitrogen and oxygen atoms in total. The molecule has 5 heteroatoms. The predicted octanol–water partition coefficient (Wildman–Crippen LogP) is 2.09. The van der Waals surface area contributed by atoms with Crippen molar-refractivity contribution in [3.63, 3.8) is 0 Å².